The highest BCUT2D eigenvalue weighted by Gasteiger charge is 2.31. The van der Waals surface area contributed by atoms with Gasteiger partial charge in [0.2, 0.25) is 5.88 Å². The molecule has 0 aliphatic heterocycles. The van der Waals surface area contributed by atoms with Gasteiger partial charge in [-0.05, 0) is 13.0 Å². The van der Waals surface area contributed by atoms with E-state index in [-0.39, 0.29) is 23.6 Å². The summed E-state index contributed by atoms with van der Waals surface area (Å²) in [6.07, 6.45) is -4.15. The van der Waals surface area contributed by atoms with E-state index in [1.807, 2.05) is 0 Å². The molecule has 90 valence electrons. The second-order valence-corrected chi connectivity index (χ2v) is 3.58. The van der Waals surface area contributed by atoms with Crippen LogP contribution >= 0.6 is 11.6 Å². The topological polar surface area (TPSA) is 48.1 Å². The Morgan fingerprint density at radius 1 is 1.56 bits per heavy atom. The van der Waals surface area contributed by atoms with Gasteiger partial charge in [-0.25, -0.2) is 4.98 Å². The van der Waals surface area contributed by atoms with Crippen molar-refractivity contribution in [1.82, 2.24) is 4.98 Å². The van der Waals surface area contributed by atoms with Crippen molar-refractivity contribution in [2.45, 2.75) is 19.2 Å². The summed E-state index contributed by atoms with van der Waals surface area (Å²) in [4.78, 5) is 3.50. The van der Waals surface area contributed by atoms with Gasteiger partial charge in [0.15, 0.2) is 0 Å². The molecule has 0 aliphatic carbocycles. The summed E-state index contributed by atoms with van der Waals surface area (Å²) in [7, 11) is 0. The first-order chi connectivity index (χ1) is 7.34. The lowest BCUT2D eigenvalue weighted by Crippen LogP contribution is -2.23. The van der Waals surface area contributed by atoms with Gasteiger partial charge in [0.05, 0.1) is 5.56 Å². The number of nitrogens with zero attached hydrogens (tertiary/aromatic N) is 1. The van der Waals surface area contributed by atoms with Crippen molar-refractivity contribution in [3.05, 3.63) is 22.8 Å². The molecule has 3 nitrogen and oxygen atoms in total. The molecule has 0 saturated carbocycles. The van der Waals surface area contributed by atoms with Crippen molar-refractivity contribution < 1.29 is 17.9 Å². The van der Waals surface area contributed by atoms with Crippen LogP contribution in [0.1, 0.15) is 12.5 Å². The molecule has 0 amide bonds. The molecule has 7 heteroatoms. The van der Waals surface area contributed by atoms with Crippen molar-refractivity contribution in [3.8, 4) is 5.88 Å². The largest absolute Gasteiger partial charge is 0.472 e. The minimum absolute atomic E-state index is 0.0485. The summed E-state index contributed by atoms with van der Waals surface area (Å²) >= 11 is 5.61. The third kappa shape index (κ3) is 3.24. The van der Waals surface area contributed by atoms with Crippen LogP contribution in [0.25, 0.3) is 0 Å². The summed E-state index contributed by atoms with van der Waals surface area (Å²) in [6.45, 7) is 1.88. The van der Waals surface area contributed by atoms with Gasteiger partial charge in [-0.3, -0.25) is 0 Å². The lowest BCUT2D eigenvalue weighted by atomic mass is 10.3. The highest BCUT2D eigenvalue weighted by atomic mass is 35.5. The first-order valence-electron chi connectivity index (χ1n) is 4.44. The number of aromatic nitrogens is 1. The second kappa shape index (κ2) is 4.88. The van der Waals surface area contributed by atoms with E-state index in [4.69, 9.17) is 22.1 Å². The van der Waals surface area contributed by atoms with Crippen LogP contribution in [-0.4, -0.2) is 17.6 Å². The molecule has 0 fully saturated rings. The Morgan fingerprint density at radius 2 is 2.19 bits per heavy atom. The molecular weight excluding hydrogens is 245 g/mol. The number of hydrogen-bond donors (Lipinski definition) is 1. The summed E-state index contributed by atoms with van der Waals surface area (Å²) in [5.41, 5.74) is 4.38. The molecule has 2 N–H and O–H groups in total. The molecule has 0 radical (unpaired) electrons. The van der Waals surface area contributed by atoms with Crippen LogP contribution in [0, 0.1) is 0 Å². The van der Waals surface area contributed by atoms with Crippen molar-refractivity contribution in [1.29, 1.82) is 0 Å². The van der Waals surface area contributed by atoms with E-state index in [0.717, 1.165) is 6.07 Å². The summed E-state index contributed by atoms with van der Waals surface area (Å²) in [5.74, 6) is -0.0485. The third-order valence-corrected chi connectivity index (χ3v) is 2.05. The number of ether oxygens (including phenoxy) is 1. The average Bonchev–Trinajstić information content (AvgIpc) is 2.19. The number of rotatable bonds is 3. The van der Waals surface area contributed by atoms with Crippen LogP contribution in [0.3, 0.4) is 0 Å². The van der Waals surface area contributed by atoms with E-state index in [1.165, 1.54) is 0 Å². The van der Waals surface area contributed by atoms with Gasteiger partial charge in [-0.2, -0.15) is 13.2 Å². The number of pyridine rings is 1. The fourth-order valence-corrected chi connectivity index (χ4v) is 1.12. The van der Waals surface area contributed by atoms with Gasteiger partial charge in [0.1, 0.15) is 11.1 Å². The molecule has 1 rings (SSSR count). The maximum Gasteiger partial charge on any atom is 0.417 e. The van der Waals surface area contributed by atoms with Gasteiger partial charge in [-0.15, -0.1) is 0 Å². The molecule has 1 heterocycles. The SMILES string of the molecule is C[C@H](CN)Oc1ncc(C(F)(F)F)cc1Cl. The van der Waals surface area contributed by atoms with E-state index in [2.05, 4.69) is 4.98 Å². The smallest absolute Gasteiger partial charge is 0.417 e. The van der Waals surface area contributed by atoms with Crippen LogP contribution in [0.15, 0.2) is 12.3 Å². The third-order valence-electron chi connectivity index (χ3n) is 1.78. The fraction of sp³-hybridized carbons (Fsp3) is 0.444. The van der Waals surface area contributed by atoms with Crippen molar-refractivity contribution in [3.63, 3.8) is 0 Å². The van der Waals surface area contributed by atoms with Gasteiger partial charge < -0.3 is 10.5 Å². The molecule has 16 heavy (non-hydrogen) atoms. The Balaban J connectivity index is 2.92. The number of hydrogen-bond acceptors (Lipinski definition) is 3. The number of halogens is 4. The van der Waals surface area contributed by atoms with Gasteiger partial charge in [0.25, 0.3) is 0 Å². The van der Waals surface area contributed by atoms with E-state index >= 15 is 0 Å². The lowest BCUT2D eigenvalue weighted by Gasteiger charge is -2.13. The Hall–Kier alpha value is -1.01. The predicted molar refractivity (Wildman–Crippen MR) is 53.4 cm³/mol. The quantitative estimate of drug-likeness (QED) is 0.901. The van der Waals surface area contributed by atoms with Crippen molar-refractivity contribution in [2.75, 3.05) is 6.54 Å². The first-order valence-corrected chi connectivity index (χ1v) is 4.82. The maximum absolute atomic E-state index is 12.3. The zero-order chi connectivity index (χ0) is 12.3. The summed E-state index contributed by atoms with van der Waals surface area (Å²) in [6, 6.07) is 0.771. The standard InChI is InChI=1S/C9H10ClF3N2O/c1-5(3-14)16-8-7(10)2-6(4-15-8)9(11,12)13/h2,4-5H,3,14H2,1H3/t5-/m1/s1. The molecule has 0 spiro atoms. The second-order valence-electron chi connectivity index (χ2n) is 3.17. The molecule has 0 saturated heterocycles. The van der Waals surface area contributed by atoms with Gasteiger partial charge in [-0.1, -0.05) is 11.6 Å². The van der Waals surface area contributed by atoms with Crippen LogP contribution in [-0.2, 0) is 6.18 Å². The maximum atomic E-state index is 12.3. The Bertz CT molecular complexity index is 370. The van der Waals surface area contributed by atoms with Crippen molar-refractivity contribution in [2.24, 2.45) is 5.73 Å². The highest BCUT2D eigenvalue weighted by Crippen LogP contribution is 2.33. The summed E-state index contributed by atoms with van der Waals surface area (Å²) in [5, 5.41) is -0.185. The Kier molecular flexibility index (Phi) is 3.98. The fourth-order valence-electron chi connectivity index (χ4n) is 0.906. The monoisotopic (exact) mass is 254 g/mol. The molecule has 1 aromatic rings. The molecule has 1 aromatic heterocycles. The Labute approximate surface area is 95.4 Å². The van der Waals surface area contributed by atoms with E-state index in [9.17, 15) is 13.2 Å². The summed E-state index contributed by atoms with van der Waals surface area (Å²) < 4.78 is 41.9. The Morgan fingerprint density at radius 3 is 2.62 bits per heavy atom. The van der Waals surface area contributed by atoms with E-state index < -0.39 is 11.7 Å². The minimum atomic E-state index is -4.46. The lowest BCUT2D eigenvalue weighted by molar-refractivity contribution is -0.137. The van der Waals surface area contributed by atoms with Crippen LogP contribution < -0.4 is 10.5 Å². The van der Waals surface area contributed by atoms with Gasteiger partial charge in [0, 0.05) is 12.7 Å². The van der Waals surface area contributed by atoms with E-state index in [1.54, 1.807) is 6.92 Å². The van der Waals surface area contributed by atoms with Gasteiger partial charge >= 0.3 is 6.18 Å². The first kappa shape index (κ1) is 13.1. The van der Waals surface area contributed by atoms with Crippen LogP contribution in [0.2, 0.25) is 5.02 Å². The molecule has 1 atom stereocenters. The van der Waals surface area contributed by atoms with Crippen molar-refractivity contribution >= 4 is 11.6 Å². The zero-order valence-electron chi connectivity index (χ0n) is 8.38. The minimum Gasteiger partial charge on any atom is -0.472 e. The zero-order valence-corrected chi connectivity index (χ0v) is 9.14. The van der Waals surface area contributed by atoms with Crippen LogP contribution in [0.4, 0.5) is 13.2 Å². The molecule has 0 unspecified atom stereocenters. The number of nitrogens with two attached hydrogens (primary N) is 1. The van der Waals surface area contributed by atoms with Crippen LogP contribution in [0.5, 0.6) is 5.88 Å². The molecule has 0 bridgehead atoms. The highest BCUT2D eigenvalue weighted by molar-refractivity contribution is 6.31. The predicted octanol–water partition coefficient (Wildman–Crippen LogP) is 2.48. The normalized spacial score (nSPS) is 13.6. The molecular formula is C9H10ClF3N2O. The molecule has 0 aliphatic rings. The van der Waals surface area contributed by atoms with E-state index in [0.29, 0.717) is 6.20 Å². The average molecular weight is 255 g/mol. The molecule has 0 aromatic carbocycles. The number of alkyl halides is 3.